The summed E-state index contributed by atoms with van der Waals surface area (Å²) in [6, 6.07) is 0. The molecule has 0 aromatic carbocycles. The van der Waals surface area contributed by atoms with Gasteiger partial charge in [-0.2, -0.15) is 0 Å². The average molecular weight is 204 g/mol. The van der Waals surface area contributed by atoms with Crippen molar-refractivity contribution in [3.05, 3.63) is 22.2 Å². The molecule has 2 nitrogen and oxygen atoms in total. The smallest absolute Gasteiger partial charge is 0.116 e. The van der Waals surface area contributed by atoms with Crippen molar-refractivity contribution in [1.82, 2.24) is 4.98 Å². The van der Waals surface area contributed by atoms with Gasteiger partial charge in [0, 0.05) is 11.3 Å². The number of allylic oxidation sites excluding steroid dienone is 1. The van der Waals surface area contributed by atoms with Gasteiger partial charge < -0.3 is 5.11 Å². The van der Waals surface area contributed by atoms with Crippen LogP contribution in [0.2, 0.25) is 0 Å². The summed E-state index contributed by atoms with van der Waals surface area (Å²) in [4.78, 5) is 4.14. The molecule has 0 radical (unpaired) electrons. The highest BCUT2D eigenvalue weighted by Gasteiger charge is 1.95. The second-order valence-electron chi connectivity index (χ2n) is 2.22. The number of alkyl halides is 1. The van der Waals surface area contributed by atoms with Gasteiger partial charge in [0.2, 0.25) is 0 Å². The summed E-state index contributed by atoms with van der Waals surface area (Å²) >= 11 is 7.02. The van der Waals surface area contributed by atoms with E-state index < -0.39 is 0 Å². The highest BCUT2D eigenvalue weighted by atomic mass is 35.5. The van der Waals surface area contributed by atoms with Gasteiger partial charge in [-0.1, -0.05) is 6.08 Å². The number of nitrogens with zero attached hydrogens (tertiary/aromatic N) is 1. The third-order valence-corrected chi connectivity index (χ3v) is 2.34. The summed E-state index contributed by atoms with van der Waals surface area (Å²) in [5, 5.41) is 11.5. The Morgan fingerprint density at radius 2 is 2.50 bits per heavy atom. The SMILES string of the molecule is OCc1csc(C=CCCCl)n1. The number of rotatable bonds is 4. The zero-order valence-electron chi connectivity index (χ0n) is 6.53. The van der Waals surface area contributed by atoms with Crippen molar-refractivity contribution in [3.8, 4) is 0 Å². The van der Waals surface area contributed by atoms with E-state index >= 15 is 0 Å². The zero-order chi connectivity index (χ0) is 8.81. The standard InChI is InChI=1S/C8H10ClNOS/c9-4-2-1-3-8-10-7(5-11)6-12-8/h1,3,6,11H,2,4-5H2. The Labute approximate surface area is 80.5 Å². The van der Waals surface area contributed by atoms with Crippen molar-refractivity contribution in [2.24, 2.45) is 0 Å². The van der Waals surface area contributed by atoms with Crippen molar-refractivity contribution in [2.75, 3.05) is 5.88 Å². The van der Waals surface area contributed by atoms with Gasteiger partial charge in [0.05, 0.1) is 12.3 Å². The first-order valence-corrected chi connectivity index (χ1v) is 5.06. The van der Waals surface area contributed by atoms with Crippen molar-refractivity contribution < 1.29 is 5.11 Å². The molecule has 0 fully saturated rings. The van der Waals surface area contributed by atoms with Crippen LogP contribution in [0.5, 0.6) is 0 Å². The molecule has 0 aliphatic heterocycles. The molecular weight excluding hydrogens is 194 g/mol. The van der Waals surface area contributed by atoms with Crippen LogP contribution in [-0.4, -0.2) is 16.0 Å². The molecule has 1 heterocycles. The molecule has 1 rings (SSSR count). The zero-order valence-corrected chi connectivity index (χ0v) is 8.11. The lowest BCUT2D eigenvalue weighted by Gasteiger charge is -1.83. The molecule has 0 bridgehead atoms. The predicted molar refractivity (Wildman–Crippen MR) is 52.4 cm³/mol. The van der Waals surface area contributed by atoms with E-state index in [1.807, 2.05) is 17.5 Å². The molecule has 0 aliphatic carbocycles. The summed E-state index contributed by atoms with van der Waals surface area (Å²) in [5.41, 5.74) is 0.727. The van der Waals surface area contributed by atoms with Crippen LogP contribution < -0.4 is 0 Å². The Bertz CT molecular complexity index is 259. The highest BCUT2D eigenvalue weighted by Crippen LogP contribution is 2.11. The van der Waals surface area contributed by atoms with Gasteiger partial charge in [-0.25, -0.2) is 4.98 Å². The highest BCUT2D eigenvalue weighted by molar-refractivity contribution is 7.10. The molecule has 0 spiro atoms. The van der Waals surface area contributed by atoms with Gasteiger partial charge >= 0.3 is 0 Å². The first-order chi connectivity index (χ1) is 5.86. The number of hydrogen-bond acceptors (Lipinski definition) is 3. The summed E-state index contributed by atoms with van der Waals surface area (Å²) < 4.78 is 0. The Morgan fingerprint density at radius 3 is 3.08 bits per heavy atom. The molecule has 0 saturated carbocycles. The van der Waals surface area contributed by atoms with Crippen molar-refractivity contribution in [2.45, 2.75) is 13.0 Å². The van der Waals surface area contributed by atoms with E-state index in [1.165, 1.54) is 11.3 Å². The normalized spacial score (nSPS) is 11.2. The van der Waals surface area contributed by atoms with E-state index in [0.29, 0.717) is 5.88 Å². The molecule has 1 aromatic heterocycles. The average Bonchev–Trinajstić information content (AvgIpc) is 2.53. The molecule has 0 saturated heterocycles. The van der Waals surface area contributed by atoms with Crippen LogP contribution in [0.15, 0.2) is 11.5 Å². The van der Waals surface area contributed by atoms with E-state index in [2.05, 4.69) is 4.98 Å². The third kappa shape index (κ3) is 2.93. The van der Waals surface area contributed by atoms with E-state index in [-0.39, 0.29) is 6.61 Å². The molecule has 0 unspecified atom stereocenters. The molecule has 66 valence electrons. The first-order valence-electron chi connectivity index (χ1n) is 3.64. The number of aliphatic hydroxyl groups is 1. The molecule has 1 N–H and O–H groups in total. The first kappa shape index (κ1) is 9.71. The maximum Gasteiger partial charge on any atom is 0.116 e. The maximum absolute atomic E-state index is 8.72. The van der Waals surface area contributed by atoms with Gasteiger partial charge in [0.15, 0.2) is 0 Å². The quantitative estimate of drug-likeness (QED) is 0.762. The minimum atomic E-state index is 0.0137. The Kier molecular flexibility index (Phi) is 4.29. The molecule has 0 aliphatic rings. The lowest BCUT2D eigenvalue weighted by atomic mass is 10.4. The lowest BCUT2D eigenvalue weighted by Crippen LogP contribution is -1.80. The van der Waals surface area contributed by atoms with Gasteiger partial charge in [0.25, 0.3) is 0 Å². The largest absolute Gasteiger partial charge is 0.390 e. The monoisotopic (exact) mass is 203 g/mol. The van der Waals surface area contributed by atoms with E-state index in [9.17, 15) is 0 Å². The lowest BCUT2D eigenvalue weighted by molar-refractivity contribution is 0.277. The summed E-state index contributed by atoms with van der Waals surface area (Å²) in [7, 11) is 0. The topological polar surface area (TPSA) is 33.1 Å². The van der Waals surface area contributed by atoms with Gasteiger partial charge in [-0.05, 0) is 12.5 Å². The minimum Gasteiger partial charge on any atom is -0.390 e. The van der Waals surface area contributed by atoms with Crippen LogP contribution in [-0.2, 0) is 6.61 Å². The van der Waals surface area contributed by atoms with Gasteiger partial charge in [-0.15, -0.1) is 22.9 Å². The number of aromatic nitrogens is 1. The number of halogens is 1. The van der Waals surface area contributed by atoms with Crippen LogP contribution in [0.25, 0.3) is 6.08 Å². The molecule has 0 atom stereocenters. The third-order valence-electron chi connectivity index (χ3n) is 1.27. The number of aliphatic hydroxyl groups excluding tert-OH is 1. The van der Waals surface area contributed by atoms with Crippen LogP contribution in [0.4, 0.5) is 0 Å². The van der Waals surface area contributed by atoms with Crippen molar-refractivity contribution in [1.29, 1.82) is 0 Å². The Balaban J connectivity index is 2.51. The molecular formula is C8H10ClNOS. The van der Waals surface area contributed by atoms with E-state index in [0.717, 1.165) is 17.1 Å². The van der Waals surface area contributed by atoms with Gasteiger partial charge in [0.1, 0.15) is 5.01 Å². The number of hydrogen-bond donors (Lipinski definition) is 1. The Morgan fingerprint density at radius 1 is 1.67 bits per heavy atom. The molecule has 4 heteroatoms. The van der Waals surface area contributed by atoms with Crippen LogP contribution in [0.3, 0.4) is 0 Å². The Hall–Kier alpha value is -0.380. The van der Waals surface area contributed by atoms with Crippen molar-refractivity contribution in [3.63, 3.8) is 0 Å². The molecule has 1 aromatic rings. The molecule has 12 heavy (non-hydrogen) atoms. The van der Waals surface area contributed by atoms with Crippen molar-refractivity contribution >= 4 is 29.0 Å². The summed E-state index contributed by atoms with van der Waals surface area (Å²) in [5.74, 6) is 0.634. The fourth-order valence-electron chi connectivity index (χ4n) is 0.719. The van der Waals surface area contributed by atoms with Gasteiger partial charge in [-0.3, -0.25) is 0 Å². The van der Waals surface area contributed by atoms with Crippen LogP contribution >= 0.6 is 22.9 Å². The minimum absolute atomic E-state index is 0.0137. The van der Waals surface area contributed by atoms with E-state index in [4.69, 9.17) is 16.7 Å². The fraction of sp³-hybridized carbons (Fsp3) is 0.375. The second kappa shape index (κ2) is 5.30. The van der Waals surface area contributed by atoms with Crippen LogP contribution in [0, 0.1) is 0 Å². The molecule has 0 amide bonds. The summed E-state index contributed by atoms with van der Waals surface area (Å²) in [6.07, 6.45) is 4.76. The summed E-state index contributed by atoms with van der Waals surface area (Å²) in [6.45, 7) is 0.0137. The predicted octanol–water partition coefficient (Wildman–Crippen LogP) is 2.28. The fourth-order valence-corrected chi connectivity index (χ4v) is 1.57. The van der Waals surface area contributed by atoms with E-state index in [1.54, 1.807) is 0 Å². The van der Waals surface area contributed by atoms with Crippen LogP contribution in [0.1, 0.15) is 17.1 Å². The maximum atomic E-state index is 8.72. The second-order valence-corrected chi connectivity index (χ2v) is 3.48. The number of thiazole rings is 1.